The summed E-state index contributed by atoms with van der Waals surface area (Å²) in [5.74, 6) is 0.381. The number of benzene rings is 1. The molecule has 1 fully saturated rings. The summed E-state index contributed by atoms with van der Waals surface area (Å²) in [6, 6.07) is 5.47. The van der Waals surface area contributed by atoms with E-state index in [4.69, 9.17) is 23.2 Å². The zero-order chi connectivity index (χ0) is 15.0. The van der Waals surface area contributed by atoms with Crippen molar-refractivity contribution in [3.05, 3.63) is 50.4 Å². The first-order valence-electron chi connectivity index (χ1n) is 6.63. The fraction of sp³-hybridized carbons (Fsp3) is 0.333. The molecule has 1 heterocycles. The average Bonchev–Trinajstić information content (AvgIpc) is 3.06. The van der Waals surface area contributed by atoms with Crippen LogP contribution in [0.3, 0.4) is 0 Å². The molecule has 110 valence electrons. The summed E-state index contributed by atoms with van der Waals surface area (Å²) in [4.78, 5) is 18.4. The standard InChI is InChI=1S/C15H14Cl2N2OS/c1-19(6-10-7-21-8-18-10)15(20)13-5-12(13)11-3-2-9(16)4-14(11)17/h2-4,7-8,12-13H,5-6H2,1H3/t12-,13+/m0/s1. The predicted molar refractivity (Wildman–Crippen MR) is 85.9 cm³/mol. The van der Waals surface area contributed by atoms with Gasteiger partial charge in [0.2, 0.25) is 5.91 Å². The summed E-state index contributed by atoms with van der Waals surface area (Å²) < 4.78 is 0. The van der Waals surface area contributed by atoms with Crippen LogP contribution in [0.5, 0.6) is 0 Å². The van der Waals surface area contributed by atoms with Crippen LogP contribution >= 0.6 is 34.5 Å². The fourth-order valence-electron chi connectivity index (χ4n) is 2.53. The molecule has 3 nitrogen and oxygen atoms in total. The number of hydrogen-bond donors (Lipinski definition) is 0. The van der Waals surface area contributed by atoms with Crippen LogP contribution in [0.15, 0.2) is 29.1 Å². The monoisotopic (exact) mass is 340 g/mol. The highest BCUT2D eigenvalue weighted by molar-refractivity contribution is 7.07. The highest BCUT2D eigenvalue weighted by atomic mass is 35.5. The Balaban J connectivity index is 1.65. The molecule has 1 saturated carbocycles. The Morgan fingerprint density at radius 1 is 1.48 bits per heavy atom. The van der Waals surface area contributed by atoms with Gasteiger partial charge in [-0.25, -0.2) is 4.98 Å². The summed E-state index contributed by atoms with van der Waals surface area (Å²) in [5, 5.41) is 3.22. The van der Waals surface area contributed by atoms with Crippen molar-refractivity contribution in [2.24, 2.45) is 5.92 Å². The normalized spacial score (nSPS) is 20.3. The molecule has 0 saturated heterocycles. The first-order valence-corrected chi connectivity index (χ1v) is 8.33. The Morgan fingerprint density at radius 2 is 2.29 bits per heavy atom. The smallest absolute Gasteiger partial charge is 0.226 e. The van der Waals surface area contributed by atoms with Crippen LogP contribution in [0.1, 0.15) is 23.6 Å². The molecule has 0 aliphatic heterocycles. The first kappa shape index (κ1) is 14.8. The van der Waals surface area contributed by atoms with Gasteiger partial charge in [-0.1, -0.05) is 29.3 Å². The van der Waals surface area contributed by atoms with Gasteiger partial charge in [0.1, 0.15) is 0 Å². The zero-order valence-corrected chi connectivity index (χ0v) is 13.8. The van der Waals surface area contributed by atoms with Crippen molar-refractivity contribution in [2.45, 2.75) is 18.9 Å². The quantitative estimate of drug-likeness (QED) is 0.835. The minimum atomic E-state index is 0.0207. The van der Waals surface area contributed by atoms with E-state index in [1.807, 2.05) is 24.6 Å². The lowest BCUT2D eigenvalue weighted by Gasteiger charge is -2.16. The molecule has 0 unspecified atom stereocenters. The van der Waals surface area contributed by atoms with Crippen molar-refractivity contribution in [1.29, 1.82) is 0 Å². The van der Waals surface area contributed by atoms with Crippen LogP contribution in [-0.2, 0) is 11.3 Å². The van der Waals surface area contributed by atoms with Gasteiger partial charge in [-0.05, 0) is 30.0 Å². The molecule has 1 aliphatic rings. The van der Waals surface area contributed by atoms with Gasteiger partial charge in [0.05, 0.1) is 17.7 Å². The molecule has 2 atom stereocenters. The molecule has 0 N–H and O–H groups in total. The third-order valence-electron chi connectivity index (χ3n) is 3.73. The number of rotatable bonds is 4. The maximum Gasteiger partial charge on any atom is 0.226 e. The van der Waals surface area contributed by atoms with Crippen LogP contribution in [0.2, 0.25) is 10.0 Å². The highest BCUT2D eigenvalue weighted by Crippen LogP contribution is 2.50. The third kappa shape index (κ3) is 3.23. The van der Waals surface area contributed by atoms with Crippen molar-refractivity contribution in [1.82, 2.24) is 9.88 Å². The maximum absolute atomic E-state index is 12.4. The maximum atomic E-state index is 12.4. The van der Waals surface area contributed by atoms with Crippen LogP contribution < -0.4 is 0 Å². The number of aromatic nitrogens is 1. The molecule has 0 spiro atoms. The Kier molecular flexibility index (Phi) is 4.20. The number of thiazole rings is 1. The summed E-state index contributed by atoms with van der Waals surface area (Å²) in [5.41, 5.74) is 3.72. The topological polar surface area (TPSA) is 33.2 Å². The van der Waals surface area contributed by atoms with Gasteiger partial charge in [0.15, 0.2) is 0 Å². The molecule has 1 aliphatic carbocycles. The molecule has 2 aromatic rings. The number of nitrogens with zero attached hydrogens (tertiary/aromatic N) is 2. The summed E-state index contributed by atoms with van der Waals surface area (Å²) in [6.45, 7) is 0.555. The second-order valence-electron chi connectivity index (χ2n) is 5.29. The Labute approximate surface area is 137 Å². The van der Waals surface area contributed by atoms with E-state index in [1.165, 1.54) is 11.3 Å². The van der Waals surface area contributed by atoms with Crippen molar-refractivity contribution < 1.29 is 4.79 Å². The minimum absolute atomic E-state index is 0.0207. The number of hydrogen-bond acceptors (Lipinski definition) is 3. The SMILES string of the molecule is CN(Cc1cscn1)C(=O)[C@@H]1C[C@H]1c1ccc(Cl)cc1Cl. The van der Waals surface area contributed by atoms with Crippen LogP contribution in [-0.4, -0.2) is 22.8 Å². The van der Waals surface area contributed by atoms with Crippen molar-refractivity contribution in [2.75, 3.05) is 7.05 Å². The Bertz CT molecular complexity index is 660. The highest BCUT2D eigenvalue weighted by Gasteiger charge is 2.46. The molecule has 1 aromatic carbocycles. The number of halogens is 2. The van der Waals surface area contributed by atoms with Crippen molar-refractivity contribution in [3.63, 3.8) is 0 Å². The van der Waals surface area contributed by atoms with Crippen molar-refractivity contribution >= 4 is 40.4 Å². The second kappa shape index (κ2) is 5.95. The van der Waals surface area contributed by atoms with E-state index in [1.54, 1.807) is 16.5 Å². The molecule has 0 radical (unpaired) electrons. The lowest BCUT2D eigenvalue weighted by molar-refractivity contribution is -0.131. The lowest BCUT2D eigenvalue weighted by atomic mass is 10.1. The van der Waals surface area contributed by atoms with Gasteiger partial charge in [-0.3, -0.25) is 4.79 Å². The van der Waals surface area contributed by atoms with Crippen LogP contribution in [0.25, 0.3) is 0 Å². The van der Waals surface area contributed by atoms with Gasteiger partial charge in [-0.2, -0.15) is 0 Å². The summed E-state index contributed by atoms with van der Waals surface area (Å²) >= 11 is 13.7. The molecule has 1 amide bonds. The van der Waals surface area contributed by atoms with Gasteiger partial charge < -0.3 is 4.90 Å². The predicted octanol–water partition coefficient (Wildman–Crippen LogP) is 4.21. The minimum Gasteiger partial charge on any atom is -0.340 e. The van der Waals surface area contributed by atoms with Crippen LogP contribution in [0.4, 0.5) is 0 Å². The van der Waals surface area contributed by atoms with Crippen molar-refractivity contribution in [3.8, 4) is 0 Å². The molecule has 1 aromatic heterocycles. The van der Waals surface area contributed by atoms with Gasteiger partial charge in [-0.15, -0.1) is 11.3 Å². The number of carbonyl (C=O) groups is 1. The van der Waals surface area contributed by atoms with E-state index in [9.17, 15) is 4.79 Å². The summed E-state index contributed by atoms with van der Waals surface area (Å²) in [6.07, 6.45) is 0.849. The lowest BCUT2D eigenvalue weighted by Crippen LogP contribution is -2.28. The van der Waals surface area contributed by atoms with E-state index >= 15 is 0 Å². The first-order chi connectivity index (χ1) is 10.1. The second-order valence-corrected chi connectivity index (χ2v) is 6.85. The van der Waals surface area contributed by atoms with Gasteiger partial charge in [0.25, 0.3) is 0 Å². The zero-order valence-electron chi connectivity index (χ0n) is 11.4. The average molecular weight is 341 g/mol. The summed E-state index contributed by atoms with van der Waals surface area (Å²) in [7, 11) is 1.82. The molecule has 6 heteroatoms. The van der Waals surface area contributed by atoms with E-state index in [0.717, 1.165) is 17.7 Å². The van der Waals surface area contributed by atoms with Crippen LogP contribution in [0, 0.1) is 5.92 Å². The number of carbonyl (C=O) groups excluding carboxylic acids is 1. The number of amides is 1. The van der Waals surface area contributed by atoms with E-state index < -0.39 is 0 Å². The molecule has 21 heavy (non-hydrogen) atoms. The molecular weight excluding hydrogens is 327 g/mol. The van der Waals surface area contributed by atoms with E-state index in [-0.39, 0.29) is 17.7 Å². The Morgan fingerprint density at radius 3 is 2.95 bits per heavy atom. The molecular formula is C15H14Cl2N2OS. The fourth-order valence-corrected chi connectivity index (χ4v) is 3.63. The van der Waals surface area contributed by atoms with Gasteiger partial charge in [0, 0.05) is 28.4 Å². The van der Waals surface area contributed by atoms with E-state index in [2.05, 4.69) is 4.98 Å². The van der Waals surface area contributed by atoms with Gasteiger partial charge >= 0.3 is 0 Å². The molecule has 0 bridgehead atoms. The third-order valence-corrected chi connectivity index (χ3v) is 4.93. The van der Waals surface area contributed by atoms with E-state index in [0.29, 0.717) is 16.6 Å². The Hall–Kier alpha value is -1.10. The molecule has 3 rings (SSSR count). The largest absolute Gasteiger partial charge is 0.340 e.